The van der Waals surface area contributed by atoms with Crippen molar-refractivity contribution in [3.63, 3.8) is 0 Å². The quantitative estimate of drug-likeness (QED) is 0.859. The maximum atomic E-state index is 13.0. The van der Waals surface area contributed by atoms with Gasteiger partial charge < -0.3 is 5.11 Å². The first kappa shape index (κ1) is 15.9. The first-order chi connectivity index (χ1) is 10.0. The largest absolute Gasteiger partial charge is 0.478 e. The summed E-state index contributed by atoms with van der Waals surface area (Å²) in [5, 5.41) is 12.0. The molecule has 10 heteroatoms. The van der Waals surface area contributed by atoms with Crippen LogP contribution in [0.1, 0.15) is 21.6 Å². The molecule has 0 aliphatic heterocycles. The van der Waals surface area contributed by atoms with E-state index in [2.05, 4.69) is 5.10 Å². The van der Waals surface area contributed by atoms with Crippen LogP contribution in [-0.4, -0.2) is 20.9 Å². The number of carbonyl (C=O) groups is 1. The highest BCUT2D eigenvalue weighted by molar-refractivity contribution is 5.89. The van der Waals surface area contributed by atoms with Crippen LogP contribution in [0.4, 0.5) is 26.3 Å². The van der Waals surface area contributed by atoms with Crippen LogP contribution < -0.4 is 0 Å². The minimum absolute atomic E-state index is 0.124. The smallest absolute Gasteiger partial charge is 0.434 e. The molecule has 0 bridgehead atoms. The second kappa shape index (κ2) is 5.04. The van der Waals surface area contributed by atoms with Crippen molar-refractivity contribution in [1.82, 2.24) is 9.78 Å². The molecule has 4 nitrogen and oxygen atoms in total. The highest BCUT2D eigenvalue weighted by Gasteiger charge is 2.41. The molecule has 0 unspecified atom stereocenters. The molecule has 0 radical (unpaired) electrons. The Morgan fingerprint density at radius 3 is 2.23 bits per heavy atom. The maximum absolute atomic E-state index is 13.0. The Morgan fingerprint density at radius 2 is 1.73 bits per heavy atom. The van der Waals surface area contributed by atoms with E-state index in [1.165, 1.54) is 0 Å². The predicted octanol–water partition coefficient (Wildman–Crippen LogP) is 3.61. The van der Waals surface area contributed by atoms with Gasteiger partial charge in [0.05, 0.1) is 17.4 Å². The molecule has 0 amide bonds. The normalized spacial score (nSPS) is 12.5. The van der Waals surface area contributed by atoms with Gasteiger partial charge in [0.1, 0.15) is 5.56 Å². The first-order valence-corrected chi connectivity index (χ1v) is 5.58. The summed E-state index contributed by atoms with van der Waals surface area (Å²) in [6.07, 6.45) is -9.42. The van der Waals surface area contributed by atoms with Gasteiger partial charge in [-0.05, 0) is 18.2 Å². The SMILES string of the molecule is O=C(O)c1cnn(-c2cccc(C(F)(F)F)c2)c1C(F)(F)F. The molecule has 0 aliphatic carbocycles. The lowest BCUT2D eigenvalue weighted by Crippen LogP contribution is -2.17. The number of rotatable bonds is 2. The van der Waals surface area contributed by atoms with Crippen LogP contribution in [0.25, 0.3) is 5.69 Å². The number of alkyl halides is 6. The zero-order valence-corrected chi connectivity index (χ0v) is 10.4. The average molecular weight is 324 g/mol. The third kappa shape index (κ3) is 2.90. The summed E-state index contributed by atoms with van der Waals surface area (Å²) in [4.78, 5) is 10.8. The van der Waals surface area contributed by atoms with Crippen molar-refractivity contribution >= 4 is 5.97 Å². The molecular weight excluding hydrogens is 318 g/mol. The Kier molecular flexibility index (Phi) is 3.63. The summed E-state index contributed by atoms with van der Waals surface area (Å²) in [7, 11) is 0. The van der Waals surface area contributed by atoms with Gasteiger partial charge in [0.25, 0.3) is 0 Å². The summed E-state index contributed by atoms with van der Waals surface area (Å²) in [6, 6.07) is 3.00. The molecule has 2 rings (SSSR count). The second-order valence-electron chi connectivity index (χ2n) is 4.17. The zero-order valence-electron chi connectivity index (χ0n) is 10.4. The molecule has 0 aliphatic rings. The Hall–Kier alpha value is -2.52. The van der Waals surface area contributed by atoms with Crippen molar-refractivity contribution in [1.29, 1.82) is 0 Å². The number of carboxylic acids is 1. The summed E-state index contributed by atoms with van der Waals surface area (Å²) in [5.41, 5.74) is -4.52. The molecule has 1 N–H and O–H groups in total. The van der Waals surface area contributed by atoms with E-state index >= 15 is 0 Å². The monoisotopic (exact) mass is 324 g/mol. The molecule has 1 heterocycles. The molecule has 0 atom stereocenters. The van der Waals surface area contributed by atoms with Crippen molar-refractivity contribution in [3.8, 4) is 5.69 Å². The molecule has 22 heavy (non-hydrogen) atoms. The van der Waals surface area contributed by atoms with Gasteiger partial charge in [0, 0.05) is 0 Å². The molecule has 2 aromatic rings. The Morgan fingerprint density at radius 1 is 1.09 bits per heavy atom. The van der Waals surface area contributed by atoms with Crippen molar-refractivity contribution in [2.45, 2.75) is 12.4 Å². The number of hydrogen-bond donors (Lipinski definition) is 1. The van der Waals surface area contributed by atoms with Crippen LogP contribution in [0, 0.1) is 0 Å². The van der Waals surface area contributed by atoms with E-state index < -0.39 is 40.8 Å². The van der Waals surface area contributed by atoms with Crippen LogP contribution in [0.2, 0.25) is 0 Å². The van der Waals surface area contributed by atoms with E-state index in [0.29, 0.717) is 18.3 Å². The lowest BCUT2D eigenvalue weighted by Gasteiger charge is -2.13. The van der Waals surface area contributed by atoms with Crippen molar-refractivity contribution in [2.24, 2.45) is 0 Å². The third-order valence-electron chi connectivity index (χ3n) is 2.69. The van der Waals surface area contributed by atoms with Gasteiger partial charge >= 0.3 is 18.3 Å². The van der Waals surface area contributed by atoms with E-state index in [-0.39, 0.29) is 4.68 Å². The van der Waals surface area contributed by atoms with Crippen LogP contribution in [-0.2, 0) is 12.4 Å². The maximum Gasteiger partial charge on any atom is 0.434 e. The molecule has 1 aromatic heterocycles. The number of benzene rings is 1. The lowest BCUT2D eigenvalue weighted by atomic mass is 10.2. The fourth-order valence-corrected chi connectivity index (χ4v) is 1.79. The Labute approximate surface area is 118 Å². The van der Waals surface area contributed by atoms with Crippen molar-refractivity contribution in [2.75, 3.05) is 0 Å². The van der Waals surface area contributed by atoms with Crippen LogP contribution >= 0.6 is 0 Å². The van der Waals surface area contributed by atoms with Crippen LogP contribution in [0.15, 0.2) is 30.5 Å². The number of carboxylic acid groups (broad SMARTS) is 1. The number of hydrogen-bond acceptors (Lipinski definition) is 2. The molecule has 0 saturated carbocycles. The van der Waals surface area contributed by atoms with Crippen LogP contribution in [0.3, 0.4) is 0 Å². The highest BCUT2D eigenvalue weighted by Crippen LogP contribution is 2.35. The fourth-order valence-electron chi connectivity index (χ4n) is 1.79. The third-order valence-corrected chi connectivity index (χ3v) is 2.69. The van der Waals surface area contributed by atoms with Crippen LogP contribution in [0.5, 0.6) is 0 Å². The highest BCUT2D eigenvalue weighted by atomic mass is 19.4. The summed E-state index contributed by atoms with van der Waals surface area (Å²) in [5.74, 6) is -1.88. The van der Waals surface area contributed by atoms with Gasteiger partial charge in [0.2, 0.25) is 0 Å². The van der Waals surface area contributed by atoms with Gasteiger partial charge in [-0.3, -0.25) is 0 Å². The van der Waals surface area contributed by atoms with E-state index in [1.807, 2.05) is 0 Å². The predicted molar refractivity (Wildman–Crippen MR) is 60.5 cm³/mol. The topological polar surface area (TPSA) is 55.1 Å². The van der Waals surface area contributed by atoms with Gasteiger partial charge in [-0.15, -0.1) is 0 Å². The zero-order chi connectivity index (χ0) is 16.7. The molecule has 0 spiro atoms. The first-order valence-electron chi connectivity index (χ1n) is 5.58. The van der Waals surface area contributed by atoms with E-state index in [9.17, 15) is 31.1 Å². The number of aromatic nitrogens is 2. The molecular formula is C12H6F6N2O2. The van der Waals surface area contributed by atoms with Gasteiger partial charge in [-0.1, -0.05) is 6.07 Å². The van der Waals surface area contributed by atoms with Crippen molar-refractivity contribution in [3.05, 3.63) is 47.3 Å². The Bertz CT molecular complexity index is 717. The average Bonchev–Trinajstić information content (AvgIpc) is 2.82. The van der Waals surface area contributed by atoms with Crippen molar-refractivity contribution < 1.29 is 36.2 Å². The lowest BCUT2D eigenvalue weighted by molar-refractivity contribution is -0.143. The second-order valence-corrected chi connectivity index (χ2v) is 4.17. The van der Waals surface area contributed by atoms with E-state index in [0.717, 1.165) is 12.1 Å². The minimum atomic E-state index is -5.10. The van der Waals surface area contributed by atoms with Gasteiger partial charge in [-0.2, -0.15) is 31.4 Å². The molecule has 0 saturated heterocycles. The number of aromatic carboxylic acids is 1. The number of nitrogens with zero attached hydrogens (tertiary/aromatic N) is 2. The molecule has 0 fully saturated rings. The summed E-state index contributed by atoms with van der Waals surface area (Å²) >= 11 is 0. The summed E-state index contributed by atoms with van der Waals surface area (Å²) in [6.45, 7) is 0. The summed E-state index contributed by atoms with van der Waals surface area (Å²) < 4.78 is 76.9. The molecule has 1 aromatic carbocycles. The minimum Gasteiger partial charge on any atom is -0.478 e. The van der Waals surface area contributed by atoms with Gasteiger partial charge in [-0.25, -0.2) is 9.48 Å². The standard InChI is InChI=1S/C12H6F6N2O2/c13-11(14,15)6-2-1-3-7(4-6)20-9(12(16,17)18)8(5-19-20)10(21)22/h1-5H,(H,21,22). The molecule has 118 valence electrons. The number of halogens is 6. The Balaban J connectivity index is 2.66. The van der Waals surface area contributed by atoms with E-state index in [1.54, 1.807) is 0 Å². The fraction of sp³-hybridized carbons (Fsp3) is 0.167. The van der Waals surface area contributed by atoms with E-state index in [4.69, 9.17) is 5.11 Å². The van der Waals surface area contributed by atoms with Gasteiger partial charge in [0.15, 0.2) is 5.69 Å².